The van der Waals surface area contributed by atoms with Gasteiger partial charge in [-0.2, -0.15) is 0 Å². The molecular formula is C22H24N6O4S. The first kappa shape index (κ1) is 22.6. The van der Waals surface area contributed by atoms with Gasteiger partial charge in [-0.3, -0.25) is 14.9 Å². The molecule has 3 aromatic rings. The van der Waals surface area contributed by atoms with Crippen LogP contribution in [0.15, 0.2) is 53.7 Å². The zero-order valence-corrected chi connectivity index (χ0v) is 19.2. The van der Waals surface area contributed by atoms with E-state index in [1.807, 2.05) is 40.8 Å². The van der Waals surface area contributed by atoms with Gasteiger partial charge >= 0.3 is 0 Å². The van der Waals surface area contributed by atoms with Crippen molar-refractivity contribution in [2.45, 2.75) is 5.16 Å². The predicted octanol–water partition coefficient (Wildman–Crippen LogP) is 2.84. The van der Waals surface area contributed by atoms with Crippen LogP contribution in [-0.4, -0.2) is 69.5 Å². The first-order valence-corrected chi connectivity index (χ1v) is 11.4. The Morgan fingerprint density at radius 1 is 1.09 bits per heavy atom. The molecule has 1 aliphatic heterocycles. The van der Waals surface area contributed by atoms with Gasteiger partial charge in [0, 0.05) is 44.9 Å². The van der Waals surface area contributed by atoms with Crippen molar-refractivity contribution < 1.29 is 14.5 Å². The topological polar surface area (TPSA) is 107 Å². The van der Waals surface area contributed by atoms with Crippen LogP contribution in [0.4, 0.5) is 11.4 Å². The van der Waals surface area contributed by atoms with Crippen LogP contribution in [0.5, 0.6) is 5.75 Å². The van der Waals surface area contributed by atoms with Crippen LogP contribution >= 0.6 is 11.8 Å². The van der Waals surface area contributed by atoms with Crippen molar-refractivity contribution in [3.63, 3.8) is 0 Å². The van der Waals surface area contributed by atoms with Crippen LogP contribution in [0.25, 0.3) is 11.4 Å². The second kappa shape index (κ2) is 9.90. The van der Waals surface area contributed by atoms with Crippen LogP contribution in [0.1, 0.15) is 0 Å². The Hall–Kier alpha value is -3.60. The van der Waals surface area contributed by atoms with Crippen molar-refractivity contribution in [1.82, 2.24) is 19.7 Å². The third-order valence-corrected chi connectivity index (χ3v) is 6.56. The Morgan fingerprint density at radius 3 is 2.45 bits per heavy atom. The Labute approximate surface area is 195 Å². The van der Waals surface area contributed by atoms with E-state index in [1.54, 1.807) is 30.2 Å². The van der Waals surface area contributed by atoms with Gasteiger partial charge < -0.3 is 19.1 Å². The molecule has 1 aromatic heterocycles. The van der Waals surface area contributed by atoms with Gasteiger partial charge in [0.2, 0.25) is 5.91 Å². The number of ether oxygens (including phenoxy) is 1. The number of piperazine rings is 1. The van der Waals surface area contributed by atoms with Crippen LogP contribution in [-0.2, 0) is 11.8 Å². The number of nitrogens with zero attached hydrogens (tertiary/aromatic N) is 6. The van der Waals surface area contributed by atoms with E-state index < -0.39 is 0 Å². The highest BCUT2D eigenvalue weighted by Crippen LogP contribution is 2.29. The summed E-state index contributed by atoms with van der Waals surface area (Å²) in [6.45, 7) is 2.13. The maximum Gasteiger partial charge on any atom is 0.292 e. The molecule has 4 rings (SSSR count). The molecule has 0 atom stereocenters. The number of carbonyl (C=O) groups is 1. The summed E-state index contributed by atoms with van der Waals surface area (Å²) < 4.78 is 7.06. The first-order chi connectivity index (χ1) is 16.0. The fraction of sp³-hybridized carbons (Fsp3) is 0.318. The number of benzene rings is 2. The summed E-state index contributed by atoms with van der Waals surface area (Å²) in [5, 5.41) is 20.5. The van der Waals surface area contributed by atoms with Crippen molar-refractivity contribution in [3.8, 4) is 17.1 Å². The van der Waals surface area contributed by atoms with Crippen molar-refractivity contribution >= 4 is 29.0 Å². The molecule has 11 heteroatoms. The number of nitro groups is 1. The van der Waals surface area contributed by atoms with Gasteiger partial charge in [-0.1, -0.05) is 23.9 Å². The van der Waals surface area contributed by atoms with Gasteiger partial charge in [0.25, 0.3) is 5.69 Å². The molecule has 2 heterocycles. The molecule has 10 nitrogen and oxygen atoms in total. The summed E-state index contributed by atoms with van der Waals surface area (Å²) in [6.07, 6.45) is 0. The Bertz CT molecular complexity index is 1140. The average molecular weight is 469 g/mol. The molecular weight excluding hydrogens is 444 g/mol. The second-order valence-corrected chi connectivity index (χ2v) is 8.44. The second-order valence-electron chi connectivity index (χ2n) is 7.50. The normalized spacial score (nSPS) is 13.8. The number of thioether (sulfide) groups is 1. The maximum absolute atomic E-state index is 12.8. The molecule has 1 fully saturated rings. The van der Waals surface area contributed by atoms with Crippen LogP contribution in [0.3, 0.4) is 0 Å². The standard InChI is InChI=1S/C22H24N6O4S/c1-25-21(16-7-9-17(32-2)10-8-16)23-24-22(25)33-15-20(29)27-13-11-26(12-14-27)18-5-3-4-6-19(18)28(30)31/h3-10H,11-15H2,1-2H3. The number of hydrogen-bond acceptors (Lipinski definition) is 8. The minimum absolute atomic E-state index is 0.0104. The van der Waals surface area contributed by atoms with Crippen LogP contribution in [0, 0.1) is 10.1 Å². The highest BCUT2D eigenvalue weighted by molar-refractivity contribution is 7.99. The molecule has 0 bridgehead atoms. The summed E-state index contributed by atoms with van der Waals surface area (Å²) in [5.41, 5.74) is 1.59. The third-order valence-electron chi connectivity index (χ3n) is 5.56. The first-order valence-electron chi connectivity index (χ1n) is 10.4. The van der Waals surface area contributed by atoms with Gasteiger partial charge in [-0.15, -0.1) is 10.2 Å². The molecule has 2 aromatic carbocycles. The van der Waals surface area contributed by atoms with Crippen molar-refractivity contribution in [3.05, 3.63) is 58.6 Å². The lowest BCUT2D eigenvalue weighted by molar-refractivity contribution is -0.384. The molecule has 0 N–H and O–H groups in total. The van der Waals surface area contributed by atoms with Crippen molar-refractivity contribution in [1.29, 1.82) is 0 Å². The maximum atomic E-state index is 12.8. The number of hydrogen-bond donors (Lipinski definition) is 0. The summed E-state index contributed by atoms with van der Waals surface area (Å²) in [7, 11) is 3.49. The molecule has 0 radical (unpaired) electrons. The zero-order chi connectivity index (χ0) is 23.4. The molecule has 0 unspecified atom stereocenters. The number of methoxy groups -OCH3 is 1. The number of carbonyl (C=O) groups excluding carboxylic acids is 1. The fourth-order valence-electron chi connectivity index (χ4n) is 3.73. The zero-order valence-electron chi connectivity index (χ0n) is 18.4. The van der Waals surface area contributed by atoms with E-state index in [2.05, 4.69) is 10.2 Å². The highest BCUT2D eigenvalue weighted by Gasteiger charge is 2.25. The van der Waals surface area contributed by atoms with Gasteiger partial charge in [0.1, 0.15) is 11.4 Å². The van der Waals surface area contributed by atoms with Crippen LogP contribution in [0.2, 0.25) is 0 Å². The summed E-state index contributed by atoms with van der Waals surface area (Å²) >= 11 is 1.35. The van der Waals surface area contributed by atoms with Crippen LogP contribution < -0.4 is 9.64 Å². The molecule has 1 saturated heterocycles. The molecule has 0 aliphatic carbocycles. The lowest BCUT2D eigenvalue weighted by Crippen LogP contribution is -2.49. The molecule has 172 valence electrons. The monoisotopic (exact) mass is 468 g/mol. The molecule has 1 amide bonds. The van der Waals surface area contributed by atoms with Crippen molar-refractivity contribution in [2.75, 3.05) is 43.9 Å². The number of rotatable bonds is 7. The number of anilines is 1. The predicted molar refractivity (Wildman–Crippen MR) is 126 cm³/mol. The summed E-state index contributed by atoms with van der Waals surface area (Å²) in [4.78, 5) is 27.4. The fourth-order valence-corrected chi connectivity index (χ4v) is 4.55. The molecule has 0 spiro atoms. The van der Waals surface area contributed by atoms with E-state index in [4.69, 9.17) is 4.74 Å². The molecule has 1 aliphatic rings. The highest BCUT2D eigenvalue weighted by atomic mass is 32.2. The van der Waals surface area contributed by atoms with E-state index in [0.29, 0.717) is 42.8 Å². The number of para-hydroxylation sites is 2. The lowest BCUT2D eigenvalue weighted by Gasteiger charge is -2.35. The SMILES string of the molecule is COc1ccc(-c2nnc(SCC(=O)N3CCN(c4ccccc4[N+](=O)[O-])CC3)n2C)cc1. The number of amides is 1. The van der Waals surface area contributed by atoms with Gasteiger partial charge in [0.15, 0.2) is 11.0 Å². The summed E-state index contributed by atoms with van der Waals surface area (Å²) in [5.74, 6) is 1.74. The smallest absolute Gasteiger partial charge is 0.292 e. The Balaban J connectivity index is 1.33. The van der Waals surface area contributed by atoms with Gasteiger partial charge in [0.05, 0.1) is 17.8 Å². The van der Waals surface area contributed by atoms with E-state index in [-0.39, 0.29) is 22.3 Å². The van der Waals surface area contributed by atoms with Gasteiger partial charge in [-0.25, -0.2) is 0 Å². The van der Waals surface area contributed by atoms with E-state index in [1.165, 1.54) is 17.8 Å². The molecule has 33 heavy (non-hydrogen) atoms. The average Bonchev–Trinajstić information content (AvgIpc) is 3.22. The van der Waals surface area contributed by atoms with E-state index in [0.717, 1.165) is 11.3 Å². The Kier molecular flexibility index (Phi) is 6.78. The third kappa shape index (κ3) is 4.92. The number of aromatic nitrogens is 3. The summed E-state index contributed by atoms with van der Waals surface area (Å²) in [6, 6.07) is 14.3. The number of nitro benzene ring substituents is 1. The quantitative estimate of drug-likeness (QED) is 0.296. The van der Waals surface area contributed by atoms with Gasteiger partial charge in [-0.05, 0) is 30.3 Å². The van der Waals surface area contributed by atoms with Crippen molar-refractivity contribution in [2.24, 2.45) is 7.05 Å². The largest absolute Gasteiger partial charge is 0.497 e. The molecule has 0 saturated carbocycles. The van der Waals surface area contributed by atoms with E-state index in [9.17, 15) is 14.9 Å². The Morgan fingerprint density at radius 2 is 1.79 bits per heavy atom. The minimum Gasteiger partial charge on any atom is -0.497 e. The lowest BCUT2D eigenvalue weighted by atomic mass is 10.2. The minimum atomic E-state index is -0.370. The van der Waals surface area contributed by atoms with E-state index >= 15 is 0 Å².